The molecule has 42 heavy (non-hydrogen) atoms. The fraction of sp³-hybridized carbons (Fsp3) is 0.355. The number of halogens is 3. The van der Waals surface area contributed by atoms with E-state index < -0.39 is 16.1 Å². The third-order valence-corrected chi connectivity index (χ3v) is 8.65. The number of anilines is 1. The lowest BCUT2D eigenvalue weighted by atomic mass is 10.0. The minimum atomic E-state index is -3.66. The van der Waals surface area contributed by atoms with Gasteiger partial charge in [-0.15, -0.1) is 0 Å². The van der Waals surface area contributed by atoms with E-state index in [1.807, 2.05) is 44.2 Å². The number of amides is 2. The van der Waals surface area contributed by atoms with E-state index >= 15 is 0 Å². The van der Waals surface area contributed by atoms with Gasteiger partial charge < -0.3 is 10.2 Å². The summed E-state index contributed by atoms with van der Waals surface area (Å²) in [6.07, 6.45) is 1.62. The zero-order chi connectivity index (χ0) is 31.0. The van der Waals surface area contributed by atoms with Crippen molar-refractivity contribution in [2.45, 2.75) is 58.7 Å². The number of hydrogen-bond donors (Lipinski definition) is 1. The van der Waals surface area contributed by atoms with E-state index in [1.54, 1.807) is 43.3 Å². The Morgan fingerprint density at radius 3 is 2.19 bits per heavy atom. The fourth-order valence-electron chi connectivity index (χ4n) is 4.60. The monoisotopic (exact) mass is 651 g/mol. The van der Waals surface area contributed by atoms with Crippen molar-refractivity contribution in [3.63, 3.8) is 0 Å². The van der Waals surface area contributed by atoms with Gasteiger partial charge in [0, 0.05) is 47.0 Å². The number of rotatable bonds is 13. The van der Waals surface area contributed by atoms with Crippen LogP contribution in [0.15, 0.2) is 66.7 Å². The van der Waals surface area contributed by atoms with E-state index in [-0.39, 0.29) is 50.2 Å². The van der Waals surface area contributed by atoms with E-state index in [2.05, 4.69) is 5.32 Å². The lowest BCUT2D eigenvalue weighted by Crippen LogP contribution is -2.51. The zero-order valence-corrected chi connectivity index (χ0v) is 27.2. The smallest absolute Gasteiger partial charge is 0.243 e. The topological polar surface area (TPSA) is 86.8 Å². The molecule has 3 aromatic rings. The van der Waals surface area contributed by atoms with Crippen LogP contribution < -0.4 is 9.62 Å². The van der Waals surface area contributed by atoms with Crippen LogP contribution in [0.1, 0.15) is 43.4 Å². The molecule has 0 aliphatic rings. The Morgan fingerprint density at radius 1 is 0.929 bits per heavy atom. The van der Waals surface area contributed by atoms with Crippen molar-refractivity contribution in [2.24, 2.45) is 0 Å². The van der Waals surface area contributed by atoms with Gasteiger partial charge in [-0.1, -0.05) is 77.3 Å². The van der Waals surface area contributed by atoms with Crippen molar-refractivity contribution in [1.82, 2.24) is 10.2 Å². The van der Waals surface area contributed by atoms with Crippen LogP contribution in [0.5, 0.6) is 0 Å². The maximum absolute atomic E-state index is 13.9. The molecule has 0 aliphatic heterocycles. The highest BCUT2D eigenvalue weighted by atomic mass is 35.5. The molecule has 0 aliphatic carbocycles. The largest absolute Gasteiger partial charge is 0.352 e. The summed E-state index contributed by atoms with van der Waals surface area (Å²) in [5, 5.41) is 4.19. The highest BCUT2D eigenvalue weighted by Crippen LogP contribution is 2.28. The molecule has 0 heterocycles. The third-order valence-electron chi connectivity index (χ3n) is 6.65. The molecule has 1 unspecified atom stereocenters. The van der Waals surface area contributed by atoms with Crippen molar-refractivity contribution < 1.29 is 18.0 Å². The standard InChI is InChI=1S/C31H36Cl3N3O4S/c1-21(2)35-31(39)29(17-23-9-6-5-7-10-23)36(20-24-13-15-25(32)18-27(24)34)30(38)11-8-16-37(42(4,40)41)28-19-26(33)14-12-22(28)3/h5-7,9-10,12-15,18-19,21,29H,8,11,16-17,20H2,1-4H3,(H,35,39). The molecule has 3 rings (SSSR count). The number of sulfonamides is 1. The Morgan fingerprint density at radius 2 is 1.57 bits per heavy atom. The molecule has 7 nitrogen and oxygen atoms in total. The van der Waals surface area contributed by atoms with Gasteiger partial charge in [0.05, 0.1) is 11.9 Å². The first-order chi connectivity index (χ1) is 19.8. The minimum Gasteiger partial charge on any atom is -0.352 e. The quantitative estimate of drug-likeness (QED) is 0.224. The van der Waals surface area contributed by atoms with Gasteiger partial charge in [0.15, 0.2) is 0 Å². The fourth-order valence-corrected chi connectivity index (χ4v) is 6.25. The number of benzene rings is 3. The van der Waals surface area contributed by atoms with Crippen LogP contribution in [-0.4, -0.2) is 50.0 Å². The molecule has 0 saturated carbocycles. The van der Waals surface area contributed by atoms with Crippen LogP contribution >= 0.6 is 34.8 Å². The lowest BCUT2D eigenvalue weighted by Gasteiger charge is -2.33. The van der Waals surface area contributed by atoms with Crippen molar-refractivity contribution in [3.05, 3.63) is 98.5 Å². The highest BCUT2D eigenvalue weighted by molar-refractivity contribution is 7.92. The van der Waals surface area contributed by atoms with Crippen LogP contribution in [0.4, 0.5) is 5.69 Å². The average molecular weight is 653 g/mol. The summed E-state index contributed by atoms with van der Waals surface area (Å²) in [6, 6.07) is 18.5. The van der Waals surface area contributed by atoms with E-state index in [0.29, 0.717) is 26.3 Å². The van der Waals surface area contributed by atoms with Crippen LogP contribution in [-0.2, 0) is 32.6 Å². The number of nitrogens with one attached hydrogen (secondary N) is 1. The van der Waals surface area contributed by atoms with Crippen LogP contribution in [0.3, 0.4) is 0 Å². The van der Waals surface area contributed by atoms with Gasteiger partial charge in [-0.2, -0.15) is 0 Å². The molecule has 11 heteroatoms. The van der Waals surface area contributed by atoms with Gasteiger partial charge >= 0.3 is 0 Å². The predicted octanol–water partition coefficient (Wildman–Crippen LogP) is 6.67. The van der Waals surface area contributed by atoms with Crippen molar-refractivity contribution in [2.75, 3.05) is 17.1 Å². The molecule has 2 amide bonds. The number of hydrogen-bond acceptors (Lipinski definition) is 4. The Labute approximate surface area is 263 Å². The van der Waals surface area contributed by atoms with Crippen LogP contribution in [0, 0.1) is 6.92 Å². The molecular formula is C31H36Cl3N3O4S. The Balaban J connectivity index is 1.93. The second-order valence-electron chi connectivity index (χ2n) is 10.5. The third kappa shape index (κ3) is 9.63. The summed E-state index contributed by atoms with van der Waals surface area (Å²) < 4.78 is 26.7. The minimum absolute atomic E-state index is 0.00289. The first-order valence-electron chi connectivity index (χ1n) is 13.6. The Kier molecular flexibility index (Phi) is 12.1. The summed E-state index contributed by atoms with van der Waals surface area (Å²) in [7, 11) is -3.66. The van der Waals surface area contributed by atoms with Gasteiger partial charge in [-0.05, 0) is 68.1 Å². The van der Waals surface area contributed by atoms with Crippen molar-refractivity contribution in [1.29, 1.82) is 0 Å². The number of carbonyl (C=O) groups excluding carboxylic acids is 2. The van der Waals surface area contributed by atoms with Gasteiger partial charge in [0.25, 0.3) is 0 Å². The second-order valence-corrected chi connectivity index (χ2v) is 13.7. The molecule has 1 N–H and O–H groups in total. The number of aryl methyl sites for hydroxylation is 1. The molecule has 3 aromatic carbocycles. The molecule has 0 radical (unpaired) electrons. The lowest BCUT2D eigenvalue weighted by molar-refractivity contribution is -0.141. The summed E-state index contributed by atoms with van der Waals surface area (Å²) in [6.45, 7) is 5.65. The maximum Gasteiger partial charge on any atom is 0.243 e. The SMILES string of the molecule is Cc1ccc(Cl)cc1N(CCCC(=O)N(Cc1ccc(Cl)cc1Cl)C(Cc1ccccc1)C(=O)NC(C)C)S(C)(=O)=O. The first kappa shape index (κ1) is 33.7. The summed E-state index contributed by atoms with van der Waals surface area (Å²) in [5.74, 6) is -0.600. The predicted molar refractivity (Wildman–Crippen MR) is 172 cm³/mol. The van der Waals surface area contributed by atoms with Gasteiger partial charge in [-0.3, -0.25) is 13.9 Å². The molecule has 1 atom stereocenters. The van der Waals surface area contributed by atoms with Gasteiger partial charge in [0.2, 0.25) is 21.8 Å². The van der Waals surface area contributed by atoms with Gasteiger partial charge in [-0.25, -0.2) is 8.42 Å². The zero-order valence-electron chi connectivity index (χ0n) is 24.1. The molecule has 0 fully saturated rings. The molecule has 0 bridgehead atoms. The molecule has 0 spiro atoms. The first-order valence-corrected chi connectivity index (χ1v) is 16.6. The van der Waals surface area contributed by atoms with Crippen molar-refractivity contribution >= 4 is 62.3 Å². The van der Waals surface area contributed by atoms with E-state index in [0.717, 1.165) is 17.4 Å². The molecule has 0 aromatic heterocycles. The summed E-state index contributed by atoms with van der Waals surface area (Å²) in [4.78, 5) is 29.0. The van der Waals surface area contributed by atoms with Crippen LogP contribution in [0.25, 0.3) is 0 Å². The molecule has 226 valence electrons. The normalized spacial score (nSPS) is 12.2. The Bertz CT molecular complexity index is 1500. The average Bonchev–Trinajstić information content (AvgIpc) is 2.90. The van der Waals surface area contributed by atoms with E-state index in [9.17, 15) is 18.0 Å². The van der Waals surface area contributed by atoms with E-state index in [4.69, 9.17) is 34.8 Å². The summed E-state index contributed by atoms with van der Waals surface area (Å²) >= 11 is 18.8. The van der Waals surface area contributed by atoms with Crippen molar-refractivity contribution in [3.8, 4) is 0 Å². The Hall–Kier alpha value is -2.78. The van der Waals surface area contributed by atoms with E-state index in [1.165, 1.54) is 9.21 Å². The van der Waals surface area contributed by atoms with Crippen LogP contribution in [0.2, 0.25) is 15.1 Å². The highest BCUT2D eigenvalue weighted by Gasteiger charge is 2.31. The van der Waals surface area contributed by atoms with Gasteiger partial charge in [0.1, 0.15) is 6.04 Å². The number of carbonyl (C=O) groups is 2. The molecular weight excluding hydrogens is 617 g/mol. The second kappa shape index (κ2) is 15.1. The maximum atomic E-state index is 13.9. The summed E-state index contributed by atoms with van der Waals surface area (Å²) in [5.41, 5.74) is 2.72. The molecule has 0 saturated heterocycles. The number of nitrogens with zero attached hydrogens (tertiary/aromatic N) is 2.